The van der Waals surface area contributed by atoms with Crippen LogP contribution in [0.15, 0.2) is 66.9 Å². The van der Waals surface area contributed by atoms with Crippen LogP contribution in [0.5, 0.6) is 0 Å². The van der Waals surface area contributed by atoms with Crippen LogP contribution in [0.25, 0.3) is 5.69 Å². The Labute approximate surface area is 146 Å². The SMILES string of the molecule is Fc1ccccc1COC1CN(Cc2ccn(-c3ccccc3)n2)C1. The highest BCUT2D eigenvalue weighted by Gasteiger charge is 2.28. The first-order valence-corrected chi connectivity index (χ1v) is 8.45. The first-order valence-electron chi connectivity index (χ1n) is 8.45. The second-order valence-corrected chi connectivity index (χ2v) is 6.31. The lowest BCUT2D eigenvalue weighted by molar-refractivity contribution is -0.0669. The number of ether oxygens (including phenoxy) is 1. The zero-order valence-corrected chi connectivity index (χ0v) is 13.9. The summed E-state index contributed by atoms with van der Waals surface area (Å²) < 4.78 is 21.2. The molecule has 2 heterocycles. The number of likely N-dealkylation sites (tertiary alicyclic amines) is 1. The van der Waals surface area contributed by atoms with Crippen molar-refractivity contribution >= 4 is 0 Å². The minimum absolute atomic E-state index is 0.163. The van der Waals surface area contributed by atoms with Crippen LogP contribution in [-0.4, -0.2) is 33.9 Å². The molecule has 0 unspecified atom stereocenters. The van der Waals surface area contributed by atoms with E-state index in [0.717, 1.165) is 31.0 Å². The van der Waals surface area contributed by atoms with Crippen molar-refractivity contribution in [1.29, 1.82) is 0 Å². The van der Waals surface area contributed by atoms with Gasteiger partial charge in [-0.15, -0.1) is 0 Å². The van der Waals surface area contributed by atoms with Crippen LogP contribution in [0, 0.1) is 5.82 Å². The van der Waals surface area contributed by atoms with Gasteiger partial charge in [0.25, 0.3) is 0 Å². The number of benzene rings is 2. The molecule has 3 aromatic rings. The van der Waals surface area contributed by atoms with Gasteiger partial charge in [-0.3, -0.25) is 4.90 Å². The number of halogens is 1. The Kier molecular flexibility index (Phi) is 4.59. The molecule has 2 aromatic carbocycles. The highest BCUT2D eigenvalue weighted by molar-refractivity contribution is 5.30. The Hall–Kier alpha value is -2.50. The molecule has 0 atom stereocenters. The van der Waals surface area contributed by atoms with Crippen molar-refractivity contribution in [2.75, 3.05) is 13.1 Å². The summed E-state index contributed by atoms with van der Waals surface area (Å²) in [5.41, 5.74) is 2.71. The molecule has 0 radical (unpaired) electrons. The van der Waals surface area contributed by atoms with E-state index in [1.165, 1.54) is 6.07 Å². The van der Waals surface area contributed by atoms with Gasteiger partial charge in [-0.25, -0.2) is 9.07 Å². The zero-order valence-electron chi connectivity index (χ0n) is 13.9. The van der Waals surface area contributed by atoms with Crippen molar-refractivity contribution in [3.05, 3.63) is 83.9 Å². The number of nitrogens with zero attached hydrogens (tertiary/aromatic N) is 3. The van der Waals surface area contributed by atoms with Crippen LogP contribution in [-0.2, 0) is 17.9 Å². The molecule has 0 N–H and O–H groups in total. The Balaban J connectivity index is 1.25. The van der Waals surface area contributed by atoms with Gasteiger partial charge in [0, 0.05) is 31.4 Å². The lowest BCUT2D eigenvalue weighted by Gasteiger charge is -2.38. The molecule has 0 saturated carbocycles. The summed E-state index contributed by atoms with van der Waals surface area (Å²) in [4.78, 5) is 2.28. The molecule has 4 rings (SSSR count). The first kappa shape index (κ1) is 16.0. The molecule has 0 bridgehead atoms. The lowest BCUT2D eigenvalue weighted by atomic mass is 10.1. The quantitative estimate of drug-likeness (QED) is 0.690. The molecule has 0 amide bonds. The van der Waals surface area contributed by atoms with Gasteiger partial charge in [-0.2, -0.15) is 5.10 Å². The first-order chi connectivity index (χ1) is 12.3. The van der Waals surface area contributed by atoms with E-state index in [9.17, 15) is 4.39 Å². The summed E-state index contributed by atoms with van der Waals surface area (Å²) in [6.07, 6.45) is 2.15. The molecule has 1 fully saturated rings. The van der Waals surface area contributed by atoms with E-state index >= 15 is 0 Å². The second-order valence-electron chi connectivity index (χ2n) is 6.31. The number of hydrogen-bond acceptors (Lipinski definition) is 3. The monoisotopic (exact) mass is 337 g/mol. The van der Waals surface area contributed by atoms with Crippen LogP contribution in [0.3, 0.4) is 0 Å². The fraction of sp³-hybridized carbons (Fsp3) is 0.250. The van der Waals surface area contributed by atoms with Gasteiger partial charge in [0.05, 0.1) is 24.1 Å². The highest BCUT2D eigenvalue weighted by atomic mass is 19.1. The largest absolute Gasteiger partial charge is 0.371 e. The Morgan fingerprint density at radius 3 is 2.56 bits per heavy atom. The van der Waals surface area contributed by atoms with E-state index in [-0.39, 0.29) is 11.9 Å². The van der Waals surface area contributed by atoms with Crippen molar-refractivity contribution in [2.45, 2.75) is 19.3 Å². The number of hydrogen-bond donors (Lipinski definition) is 0. The van der Waals surface area contributed by atoms with Crippen LogP contribution >= 0.6 is 0 Å². The topological polar surface area (TPSA) is 30.3 Å². The summed E-state index contributed by atoms with van der Waals surface area (Å²) >= 11 is 0. The maximum absolute atomic E-state index is 13.6. The van der Waals surface area contributed by atoms with Crippen molar-refractivity contribution in [3.8, 4) is 5.69 Å². The molecule has 4 nitrogen and oxygen atoms in total. The second kappa shape index (κ2) is 7.17. The third-order valence-corrected chi connectivity index (χ3v) is 4.41. The average molecular weight is 337 g/mol. The average Bonchev–Trinajstić information content (AvgIpc) is 3.07. The molecule has 1 aliphatic heterocycles. The smallest absolute Gasteiger partial charge is 0.128 e. The van der Waals surface area contributed by atoms with E-state index in [1.54, 1.807) is 12.1 Å². The Morgan fingerprint density at radius 2 is 1.76 bits per heavy atom. The number of aromatic nitrogens is 2. The van der Waals surface area contributed by atoms with E-state index in [1.807, 2.05) is 53.3 Å². The minimum atomic E-state index is -0.204. The molecular weight excluding hydrogens is 317 g/mol. The van der Waals surface area contributed by atoms with Gasteiger partial charge < -0.3 is 4.74 Å². The standard InChI is InChI=1S/C20H20FN3O/c21-20-9-5-4-6-16(20)15-25-19-13-23(14-19)12-17-10-11-24(22-17)18-7-2-1-3-8-18/h1-11,19H,12-15H2. The fourth-order valence-corrected chi connectivity index (χ4v) is 2.98. The van der Waals surface area contributed by atoms with Crippen molar-refractivity contribution in [2.24, 2.45) is 0 Å². The van der Waals surface area contributed by atoms with E-state index in [4.69, 9.17) is 4.74 Å². The van der Waals surface area contributed by atoms with Gasteiger partial charge in [0.1, 0.15) is 5.82 Å². The van der Waals surface area contributed by atoms with Gasteiger partial charge >= 0.3 is 0 Å². The molecule has 1 aromatic heterocycles. The molecule has 5 heteroatoms. The summed E-state index contributed by atoms with van der Waals surface area (Å²) in [6, 6.07) is 18.9. The maximum Gasteiger partial charge on any atom is 0.128 e. The molecule has 128 valence electrons. The predicted molar refractivity (Wildman–Crippen MR) is 93.8 cm³/mol. The summed E-state index contributed by atoms with van der Waals surface area (Å²) in [5, 5.41) is 4.62. The van der Waals surface area contributed by atoms with Crippen molar-refractivity contribution in [1.82, 2.24) is 14.7 Å². The number of rotatable bonds is 6. The summed E-state index contributed by atoms with van der Waals surface area (Å²) in [5.74, 6) is -0.204. The van der Waals surface area contributed by atoms with Gasteiger partial charge in [0.15, 0.2) is 0 Å². The zero-order chi connectivity index (χ0) is 17.1. The van der Waals surface area contributed by atoms with Crippen molar-refractivity contribution < 1.29 is 9.13 Å². The Morgan fingerprint density at radius 1 is 1.00 bits per heavy atom. The molecule has 25 heavy (non-hydrogen) atoms. The van der Waals surface area contributed by atoms with E-state index in [0.29, 0.717) is 12.2 Å². The van der Waals surface area contributed by atoms with Crippen LogP contribution < -0.4 is 0 Å². The van der Waals surface area contributed by atoms with E-state index in [2.05, 4.69) is 10.00 Å². The Bertz CT molecular complexity index is 828. The predicted octanol–water partition coefficient (Wildman–Crippen LogP) is 3.41. The third kappa shape index (κ3) is 3.78. The van der Waals surface area contributed by atoms with Gasteiger partial charge in [-0.05, 0) is 24.3 Å². The highest BCUT2D eigenvalue weighted by Crippen LogP contribution is 2.18. The van der Waals surface area contributed by atoms with Crippen LogP contribution in [0.4, 0.5) is 4.39 Å². The fourth-order valence-electron chi connectivity index (χ4n) is 2.98. The summed E-state index contributed by atoms with van der Waals surface area (Å²) in [6.45, 7) is 2.84. The normalized spacial score (nSPS) is 15.2. The third-order valence-electron chi connectivity index (χ3n) is 4.41. The lowest BCUT2D eigenvalue weighted by Crippen LogP contribution is -2.51. The van der Waals surface area contributed by atoms with E-state index < -0.39 is 0 Å². The maximum atomic E-state index is 13.6. The molecule has 1 aliphatic rings. The minimum Gasteiger partial charge on any atom is -0.371 e. The molecule has 1 saturated heterocycles. The molecule has 0 spiro atoms. The molecule has 0 aliphatic carbocycles. The number of para-hydroxylation sites is 1. The van der Waals surface area contributed by atoms with Crippen LogP contribution in [0.2, 0.25) is 0 Å². The van der Waals surface area contributed by atoms with Gasteiger partial charge in [0.2, 0.25) is 0 Å². The van der Waals surface area contributed by atoms with Crippen molar-refractivity contribution in [3.63, 3.8) is 0 Å². The summed E-state index contributed by atoms with van der Waals surface area (Å²) in [7, 11) is 0. The molecular formula is C20H20FN3O. The van der Waals surface area contributed by atoms with Crippen LogP contribution in [0.1, 0.15) is 11.3 Å². The van der Waals surface area contributed by atoms with Gasteiger partial charge in [-0.1, -0.05) is 36.4 Å².